The van der Waals surface area contributed by atoms with Gasteiger partial charge < -0.3 is 5.32 Å². The molecule has 31 heavy (non-hydrogen) atoms. The monoisotopic (exact) mass is 464 g/mol. The van der Waals surface area contributed by atoms with Gasteiger partial charge in [0.1, 0.15) is 10.0 Å². The van der Waals surface area contributed by atoms with E-state index in [1.807, 2.05) is 24.3 Å². The number of thiazole rings is 1. The van der Waals surface area contributed by atoms with Gasteiger partial charge in [0, 0.05) is 27.5 Å². The third-order valence-electron chi connectivity index (χ3n) is 5.61. The molecular weight excluding hydrogens is 440 g/mol. The normalized spacial score (nSPS) is 15.7. The van der Waals surface area contributed by atoms with Gasteiger partial charge in [0.2, 0.25) is 5.91 Å². The summed E-state index contributed by atoms with van der Waals surface area (Å²) in [6.07, 6.45) is 3.86. The molecule has 6 heteroatoms. The Morgan fingerprint density at radius 3 is 2.77 bits per heavy atom. The van der Waals surface area contributed by atoms with Crippen molar-refractivity contribution in [3.63, 3.8) is 0 Å². The van der Waals surface area contributed by atoms with E-state index in [9.17, 15) is 4.79 Å². The molecule has 2 aromatic carbocycles. The Morgan fingerprint density at radius 2 is 1.94 bits per heavy atom. The molecule has 0 bridgehead atoms. The van der Waals surface area contributed by atoms with Crippen molar-refractivity contribution in [3.05, 3.63) is 65.0 Å². The van der Waals surface area contributed by atoms with Crippen LogP contribution in [-0.4, -0.2) is 16.6 Å². The van der Waals surface area contributed by atoms with Gasteiger partial charge in [-0.05, 0) is 55.0 Å². The van der Waals surface area contributed by atoms with Crippen molar-refractivity contribution < 1.29 is 4.79 Å². The van der Waals surface area contributed by atoms with Crippen LogP contribution in [0.25, 0.3) is 20.8 Å². The molecule has 4 aromatic rings. The fourth-order valence-corrected chi connectivity index (χ4v) is 7.42. The smallest absolute Gasteiger partial charge is 0.225 e. The minimum absolute atomic E-state index is 0.0810. The van der Waals surface area contributed by atoms with E-state index in [-0.39, 0.29) is 5.91 Å². The molecule has 1 aliphatic carbocycles. The maximum Gasteiger partial charge on any atom is 0.225 e. The topological polar surface area (TPSA) is 42.0 Å². The van der Waals surface area contributed by atoms with E-state index in [0.717, 1.165) is 39.7 Å². The minimum Gasteiger partial charge on any atom is -0.317 e. The fourth-order valence-electron chi connectivity index (χ4n) is 4.01. The van der Waals surface area contributed by atoms with Crippen LogP contribution in [0.3, 0.4) is 0 Å². The molecule has 2 aromatic heterocycles. The van der Waals surface area contributed by atoms with Crippen molar-refractivity contribution in [3.8, 4) is 10.6 Å². The molecule has 5 rings (SSSR count). The summed E-state index contributed by atoms with van der Waals surface area (Å²) < 4.78 is 1.19. The van der Waals surface area contributed by atoms with Crippen LogP contribution < -0.4 is 5.32 Å². The minimum atomic E-state index is 0.0810. The van der Waals surface area contributed by atoms with Crippen LogP contribution in [0.1, 0.15) is 30.2 Å². The zero-order valence-corrected chi connectivity index (χ0v) is 19.8. The molecule has 1 amide bonds. The molecule has 1 aliphatic rings. The Hall–Kier alpha value is -2.15. The lowest BCUT2D eigenvalue weighted by Gasteiger charge is -2.18. The molecular formula is C25H24N2OS3. The first-order valence-corrected chi connectivity index (χ1v) is 13.3. The Balaban J connectivity index is 1.39. The number of thioether (sulfide) groups is 1. The average molecular weight is 465 g/mol. The number of carbonyl (C=O) groups is 1. The SMILES string of the molecule is C[C@@H]1CCc2c(sc(NC(=O)CCSc3ccccc3)c2-c2nc3ccccc3s2)C1. The van der Waals surface area contributed by atoms with Crippen LogP contribution in [-0.2, 0) is 17.6 Å². The lowest BCUT2D eigenvalue weighted by molar-refractivity contribution is -0.115. The number of nitrogens with one attached hydrogen (secondary N) is 1. The predicted octanol–water partition coefficient (Wildman–Crippen LogP) is 7.27. The number of carbonyl (C=O) groups excluding carboxylic acids is 1. The number of benzene rings is 2. The third-order valence-corrected chi connectivity index (χ3v) is 8.85. The van der Waals surface area contributed by atoms with Crippen LogP contribution in [0.15, 0.2) is 59.5 Å². The quantitative estimate of drug-likeness (QED) is 0.305. The largest absolute Gasteiger partial charge is 0.317 e. The van der Waals surface area contributed by atoms with E-state index in [0.29, 0.717) is 12.3 Å². The number of anilines is 1. The number of hydrogen-bond acceptors (Lipinski definition) is 5. The van der Waals surface area contributed by atoms with Crippen LogP contribution in [0.4, 0.5) is 5.00 Å². The predicted molar refractivity (Wildman–Crippen MR) is 135 cm³/mol. The van der Waals surface area contributed by atoms with Crippen LogP contribution in [0, 0.1) is 5.92 Å². The summed E-state index contributed by atoms with van der Waals surface area (Å²) in [7, 11) is 0. The lowest BCUT2D eigenvalue weighted by Crippen LogP contribution is -2.12. The second-order valence-corrected chi connectivity index (χ2v) is 11.3. The number of thiophene rings is 1. The van der Waals surface area contributed by atoms with E-state index >= 15 is 0 Å². The zero-order chi connectivity index (χ0) is 21.2. The van der Waals surface area contributed by atoms with Gasteiger partial charge in [-0.1, -0.05) is 37.3 Å². The van der Waals surface area contributed by atoms with E-state index in [1.165, 1.54) is 26.5 Å². The number of amides is 1. The second kappa shape index (κ2) is 9.15. The lowest BCUT2D eigenvalue weighted by atomic mass is 9.88. The number of aromatic nitrogens is 1. The van der Waals surface area contributed by atoms with Gasteiger partial charge in [0.05, 0.1) is 10.2 Å². The number of fused-ring (bicyclic) bond motifs is 2. The highest BCUT2D eigenvalue weighted by Crippen LogP contribution is 2.47. The highest BCUT2D eigenvalue weighted by molar-refractivity contribution is 7.99. The maximum absolute atomic E-state index is 12.8. The van der Waals surface area contributed by atoms with E-state index < -0.39 is 0 Å². The summed E-state index contributed by atoms with van der Waals surface area (Å²) in [5.74, 6) is 1.55. The van der Waals surface area contributed by atoms with Gasteiger partial charge >= 0.3 is 0 Å². The van der Waals surface area contributed by atoms with Gasteiger partial charge in [-0.15, -0.1) is 34.4 Å². The second-order valence-electron chi connectivity index (χ2n) is 8.00. The van der Waals surface area contributed by atoms with Crippen LogP contribution in [0.2, 0.25) is 0 Å². The van der Waals surface area contributed by atoms with Gasteiger partial charge in [-0.2, -0.15) is 0 Å². The summed E-state index contributed by atoms with van der Waals surface area (Å²) >= 11 is 5.20. The molecule has 158 valence electrons. The number of rotatable bonds is 6. The Morgan fingerprint density at radius 1 is 1.13 bits per heavy atom. The molecule has 0 unspecified atom stereocenters. The van der Waals surface area contributed by atoms with E-state index in [1.54, 1.807) is 34.4 Å². The molecule has 0 saturated heterocycles. The van der Waals surface area contributed by atoms with Gasteiger partial charge in [0.15, 0.2) is 0 Å². The first-order chi connectivity index (χ1) is 15.2. The Labute approximate surface area is 194 Å². The summed E-state index contributed by atoms with van der Waals surface area (Å²) in [6, 6.07) is 18.5. The van der Waals surface area contributed by atoms with E-state index in [2.05, 4.69) is 42.6 Å². The molecule has 3 nitrogen and oxygen atoms in total. The first-order valence-electron chi connectivity index (χ1n) is 10.7. The molecule has 2 heterocycles. The molecule has 0 saturated carbocycles. The van der Waals surface area contributed by atoms with Crippen molar-refractivity contribution in [1.29, 1.82) is 0 Å². The summed E-state index contributed by atoms with van der Waals surface area (Å²) in [4.78, 5) is 20.3. The Bertz CT molecular complexity index is 1180. The zero-order valence-electron chi connectivity index (χ0n) is 17.4. The molecule has 1 atom stereocenters. The molecule has 0 fully saturated rings. The van der Waals surface area contributed by atoms with Gasteiger partial charge in [0.25, 0.3) is 0 Å². The fraction of sp³-hybridized carbons (Fsp3) is 0.280. The van der Waals surface area contributed by atoms with Gasteiger partial charge in [-0.25, -0.2) is 4.98 Å². The third kappa shape index (κ3) is 4.56. The molecule has 0 aliphatic heterocycles. The van der Waals surface area contributed by atoms with Crippen molar-refractivity contribution in [2.75, 3.05) is 11.1 Å². The van der Waals surface area contributed by atoms with Crippen molar-refractivity contribution >= 4 is 55.6 Å². The van der Waals surface area contributed by atoms with Crippen LogP contribution >= 0.6 is 34.4 Å². The van der Waals surface area contributed by atoms with Crippen molar-refractivity contribution in [1.82, 2.24) is 4.98 Å². The number of para-hydroxylation sites is 1. The summed E-state index contributed by atoms with van der Waals surface area (Å²) in [6.45, 7) is 2.32. The van der Waals surface area contributed by atoms with Crippen LogP contribution in [0.5, 0.6) is 0 Å². The first kappa shape index (κ1) is 20.7. The summed E-state index contributed by atoms with van der Waals surface area (Å²) in [5, 5.41) is 5.25. The van der Waals surface area contributed by atoms with Gasteiger partial charge in [-0.3, -0.25) is 4.79 Å². The van der Waals surface area contributed by atoms with Crippen molar-refractivity contribution in [2.45, 2.75) is 37.5 Å². The maximum atomic E-state index is 12.8. The van der Waals surface area contributed by atoms with E-state index in [4.69, 9.17) is 4.98 Å². The standard InChI is InChI=1S/C25H24N2OS3/c1-16-11-12-18-21(15-16)31-25(23(18)24-26-19-9-5-6-10-20(19)30-24)27-22(28)13-14-29-17-7-3-2-4-8-17/h2-10,16H,11-15H2,1H3,(H,27,28)/t16-/m1/s1. The molecule has 1 N–H and O–H groups in total. The Kier molecular flexibility index (Phi) is 6.12. The number of nitrogens with zero attached hydrogens (tertiary/aromatic N) is 1. The highest BCUT2D eigenvalue weighted by Gasteiger charge is 2.27. The molecule has 0 spiro atoms. The summed E-state index contributed by atoms with van der Waals surface area (Å²) in [5.41, 5.74) is 3.59. The number of hydrogen-bond donors (Lipinski definition) is 1. The van der Waals surface area contributed by atoms with Crippen molar-refractivity contribution in [2.24, 2.45) is 5.92 Å². The highest BCUT2D eigenvalue weighted by atomic mass is 32.2. The average Bonchev–Trinajstić information content (AvgIpc) is 3.34. The molecule has 0 radical (unpaired) electrons.